The fourth-order valence-electron chi connectivity index (χ4n) is 3.30. The summed E-state index contributed by atoms with van der Waals surface area (Å²) in [5.74, 6) is 1.61. The van der Waals surface area contributed by atoms with Crippen LogP contribution in [0.4, 0.5) is 4.39 Å². The van der Waals surface area contributed by atoms with Gasteiger partial charge in [-0.15, -0.1) is 10.2 Å². The third-order valence-electron chi connectivity index (χ3n) is 4.98. The molecule has 1 N–H and O–H groups in total. The highest BCUT2D eigenvalue weighted by atomic mass is 32.2. The number of thioether (sulfide) groups is 1. The van der Waals surface area contributed by atoms with Crippen molar-refractivity contribution in [2.24, 2.45) is 0 Å². The first-order valence-corrected chi connectivity index (χ1v) is 11.9. The molecule has 0 fully saturated rings. The van der Waals surface area contributed by atoms with Crippen LogP contribution in [0.5, 0.6) is 11.5 Å². The molecule has 3 aromatic carbocycles. The second-order valence-electron chi connectivity index (χ2n) is 7.46. The molecule has 0 saturated heterocycles. The zero-order valence-corrected chi connectivity index (χ0v) is 19.8. The van der Waals surface area contributed by atoms with Crippen LogP contribution in [0, 0.1) is 17.1 Å². The van der Waals surface area contributed by atoms with Gasteiger partial charge in [-0.05, 0) is 67.6 Å². The number of benzene rings is 3. The molecule has 1 atom stereocenters. The second kappa shape index (κ2) is 11.5. The van der Waals surface area contributed by atoms with Gasteiger partial charge in [0.05, 0.1) is 30.0 Å². The van der Waals surface area contributed by atoms with Gasteiger partial charge in [-0.1, -0.05) is 23.9 Å². The number of nitrogens with zero attached hydrogens (tertiary/aromatic N) is 4. The Morgan fingerprint density at radius 2 is 1.69 bits per heavy atom. The zero-order chi connectivity index (χ0) is 24.6. The molecule has 7 nitrogen and oxygen atoms in total. The van der Waals surface area contributed by atoms with Gasteiger partial charge < -0.3 is 14.6 Å². The molecule has 0 bridgehead atoms. The van der Waals surface area contributed by atoms with Crippen molar-refractivity contribution in [2.75, 3.05) is 19.0 Å². The van der Waals surface area contributed by atoms with E-state index in [0.29, 0.717) is 34.6 Å². The summed E-state index contributed by atoms with van der Waals surface area (Å²) in [5, 5.41) is 28.4. The fourth-order valence-corrected chi connectivity index (χ4v) is 4.15. The summed E-state index contributed by atoms with van der Waals surface area (Å²) in [7, 11) is 0. The van der Waals surface area contributed by atoms with E-state index in [1.807, 2.05) is 37.3 Å². The van der Waals surface area contributed by atoms with E-state index in [1.54, 1.807) is 47.0 Å². The third-order valence-corrected chi connectivity index (χ3v) is 6.05. The number of ether oxygens (including phenoxy) is 2. The second-order valence-corrected chi connectivity index (χ2v) is 8.45. The monoisotopic (exact) mass is 490 g/mol. The molecule has 9 heteroatoms. The van der Waals surface area contributed by atoms with Crippen molar-refractivity contribution in [1.82, 2.24) is 14.8 Å². The van der Waals surface area contributed by atoms with Gasteiger partial charge in [0.15, 0.2) is 11.0 Å². The molecule has 0 spiro atoms. The van der Waals surface area contributed by atoms with E-state index in [9.17, 15) is 9.50 Å². The number of aromatic nitrogens is 3. The topological polar surface area (TPSA) is 93.2 Å². The third kappa shape index (κ3) is 5.98. The van der Waals surface area contributed by atoms with E-state index < -0.39 is 11.9 Å². The van der Waals surface area contributed by atoms with Gasteiger partial charge in [0.2, 0.25) is 0 Å². The molecule has 4 rings (SSSR count). The molecule has 0 amide bonds. The lowest BCUT2D eigenvalue weighted by Crippen LogP contribution is -2.20. The van der Waals surface area contributed by atoms with Crippen LogP contribution in [0.1, 0.15) is 12.5 Å². The van der Waals surface area contributed by atoms with Crippen molar-refractivity contribution in [2.45, 2.75) is 18.2 Å². The Bertz CT molecular complexity index is 1300. The maximum absolute atomic E-state index is 14.8. The summed E-state index contributed by atoms with van der Waals surface area (Å²) in [6.45, 7) is 2.53. The van der Waals surface area contributed by atoms with Crippen LogP contribution in [0.3, 0.4) is 0 Å². The Morgan fingerprint density at radius 1 is 1.00 bits per heavy atom. The smallest absolute Gasteiger partial charge is 0.196 e. The average molecular weight is 491 g/mol. The first-order chi connectivity index (χ1) is 17.1. The summed E-state index contributed by atoms with van der Waals surface area (Å²) in [6.07, 6.45) is -0.810. The van der Waals surface area contributed by atoms with Gasteiger partial charge in [0.1, 0.15) is 23.9 Å². The summed E-state index contributed by atoms with van der Waals surface area (Å²) in [6, 6.07) is 22.5. The van der Waals surface area contributed by atoms with Crippen molar-refractivity contribution in [3.8, 4) is 34.6 Å². The molecule has 0 radical (unpaired) electrons. The van der Waals surface area contributed by atoms with E-state index >= 15 is 0 Å². The molecule has 0 aliphatic rings. The highest BCUT2D eigenvalue weighted by molar-refractivity contribution is 7.99. The minimum Gasteiger partial charge on any atom is -0.494 e. The molecular formula is C26H23FN4O3S. The van der Waals surface area contributed by atoms with Crippen LogP contribution in [0.15, 0.2) is 78.0 Å². The van der Waals surface area contributed by atoms with Crippen molar-refractivity contribution in [1.29, 1.82) is 5.26 Å². The SMILES string of the molecule is CCOc1ccc(-c2nnc(SCC(O)COc3ccc(C#N)cc3)n2-c2ccccc2F)cc1. The Balaban J connectivity index is 1.52. The highest BCUT2D eigenvalue weighted by Crippen LogP contribution is 2.30. The van der Waals surface area contributed by atoms with E-state index in [-0.39, 0.29) is 12.4 Å². The van der Waals surface area contributed by atoms with Crippen molar-refractivity contribution in [3.05, 3.63) is 84.2 Å². The zero-order valence-electron chi connectivity index (χ0n) is 19.0. The van der Waals surface area contributed by atoms with E-state index in [2.05, 4.69) is 10.2 Å². The minimum atomic E-state index is -0.810. The number of hydrogen-bond donors (Lipinski definition) is 1. The highest BCUT2D eigenvalue weighted by Gasteiger charge is 2.20. The van der Waals surface area contributed by atoms with Gasteiger partial charge >= 0.3 is 0 Å². The van der Waals surface area contributed by atoms with Crippen LogP contribution in [0.25, 0.3) is 17.1 Å². The summed E-state index contributed by atoms with van der Waals surface area (Å²) < 4.78 is 27.5. The number of rotatable bonds is 10. The lowest BCUT2D eigenvalue weighted by atomic mass is 10.2. The minimum absolute atomic E-state index is 0.0541. The molecule has 1 unspecified atom stereocenters. The van der Waals surface area contributed by atoms with E-state index in [4.69, 9.17) is 14.7 Å². The predicted octanol–water partition coefficient (Wildman–Crippen LogP) is 4.88. The molecule has 178 valence electrons. The lowest BCUT2D eigenvalue weighted by Gasteiger charge is -2.14. The van der Waals surface area contributed by atoms with Crippen LogP contribution in [-0.4, -0.2) is 44.9 Å². The predicted molar refractivity (Wildman–Crippen MR) is 131 cm³/mol. The number of para-hydroxylation sites is 1. The van der Waals surface area contributed by atoms with Gasteiger partial charge in [-0.3, -0.25) is 4.57 Å². The maximum atomic E-state index is 14.8. The normalized spacial score (nSPS) is 11.6. The summed E-state index contributed by atoms with van der Waals surface area (Å²) in [4.78, 5) is 0. The van der Waals surface area contributed by atoms with Crippen molar-refractivity contribution < 1.29 is 19.0 Å². The van der Waals surface area contributed by atoms with Crippen LogP contribution < -0.4 is 9.47 Å². The van der Waals surface area contributed by atoms with Gasteiger partial charge in [-0.2, -0.15) is 5.26 Å². The number of aliphatic hydroxyl groups is 1. The molecule has 0 aliphatic heterocycles. The molecular weight excluding hydrogens is 467 g/mol. The van der Waals surface area contributed by atoms with Crippen molar-refractivity contribution in [3.63, 3.8) is 0 Å². The maximum Gasteiger partial charge on any atom is 0.196 e. The van der Waals surface area contributed by atoms with Crippen LogP contribution in [-0.2, 0) is 0 Å². The van der Waals surface area contributed by atoms with Crippen LogP contribution in [0.2, 0.25) is 0 Å². The number of aliphatic hydroxyl groups excluding tert-OH is 1. The molecule has 35 heavy (non-hydrogen) atoms. The molecule has 4 aromatic rings. The number of nitriles is 1. The first kappa shape index (κ1) is 24.3. The average Bonchev–Trinajstić information content (AvgIpc) is 3.31. The van der Waals surface area contributed by atoms with Crippen molar-refractivity contribution >= 4 is 11.8 Å². The Hall–Kier alpha value is -3.87. The lowest BCUT2D eigenvalue weighted by molar-refractivity contribution is 0.126. The molecule has 1 heterocycles. The quantitative estimate of drug-likeness (QED) is 0.317. The van der Waals surface area contributed by atoms with Gasteiger partial charge in [-0.25, -0.2) is 4.39 Å². The van der Waals surface area contributed by atoms with E-state index in [0.717, 1.165) is 11.3 Å². The summed E-state index contributed by atoms with van der Waals surface area (Å²) in [5.41, 5.74) is 1.59. The summed E-state index contributed by atoms with van der Waals surface area (Å²) >= 11 is 1.25. The van der Waals surface area contributed by atoms with Crippen LogP contribution >= 0.6 is 11.8 Å². The molecule has 0 aliphatic carbocycles. The van der Waals surface area contributed by atoms with Gasteiger partial charge in [0.25, 0.3) is 0 Å². The Labute approximate surface area is 206 Å². The Morgan fingerprint density at radius 3 is 2.37 bits per heavy atom. The molecule has 1 aromatic heterocycles. The largest absolute Gasteiger partial charge is 0.494 e. The molecule has 0 saturated carbocycles. The van der Waals surface area contributed by atoms with Gasteiger partial charge in [0, 0.05) is 11.3 Å². The number of halogens is 1. The standard InChI is InChI=1S/C26H23FN4O3S/c1-2-33-21-13-9-19(10-14-21)25-29-30-26(31(25)24-6-4-3-5-23(24)27)35-17-20(32)16-34-22-11-7-18(15-28)8-12-22/h3-14,20,32H,2,16-17H2,1H3. The Kier molecular flexibility index (Phi) is 7.98. The van der Waals surface area contributed by atoms with E-state index in [1.165, 1.54) is 17.8 Å². The first-order valence-electron chi connectivity index (χ1n) is 11.0. The fraction of sp³-hybridized carbons (Fsp3) is 0.192. The number of hydrogen-bond acceptors (Lipinski definition) is 7.